The first-order valence-electron chi connectivity index (χ1n) is 8.91. The minimum Gasteiger partial charge on any atom is -0.391 e. The van der Waals surface area contributed by atoms with Crippen molar-refractivity contribution in [1.82, 2.24) is 15.5 Å². The molecule has 0 spiro atoms. The van der Waals surface area contributed by atoms with E-state index < -0.39 is 6.10 Å². The first kappa shape index (κ1) is 19.2. The molecule has 3 N–H and O–H groups in total. The van der Waals surface area contributed by atoms with E-state index >= 15 is 0 Å². The molecule has 0 aromatic heterocycles. The summed E-state index contributed by atoms with van der Waals surface area (Å²) in [5.41, 5.74) is 0. The number of urea groups is 1. The molecule has 5 nitrogen and oxygen atoms in total. The molecule has 1 rings (SSSR count). The van der Waals surface area contributed by atoms with Gasteiger partial charge in [0.2, 0.25) is 0 Å². The second kappa shape index (κ2) is 10.1. The van der Waals surface area contributed by atoms with Gasteiger partial charge in [-0.3, -0.25) is 0 Å². The summed E-state index contributed by atoms with van der Waals surface area (Å²) in [6.45, 7) is 11.9. The van der Waals surface area contributed by atoms with Crippen molar-refractivity contribution in [3.63, 3.8) is 0 Å². The van der Waals surface area contributed by atoms with E-state index in [4.69, 9.17) is 0 Å². The van der Waals surface area contributed by atoms with Crippen molar-refractivity contribution >= 4 is 6.03 Å². The second-order valence-electron chi connectivity index (χ2n) is 6.83. The molecular weight excluding hydrogens is 278 g/mol. The van der Waals surface area contributed by atoms with Gasteiger partial charge in [0.05, 0.1) is 6.10 Å². The molecule has 1 heterocycles. The molecule has 0 aromatic rings. The Labute approximate surface area is 135 Å². The van der Waals surface area contributed by atoms with Gasteiger partial charge in [-0.05, 0) is 45.1 Å². The number of hydrogen-bond donors (Lipinski definition) is 3. The first-order chi connectivity index (χ1) is 10.5. The predicted molar refractivity (Wildman–Crippen MR) is 90.9 cm³/mol. The standard InChI is InChI=1S/C17H35N3O2/c1-5-15(6-2)16(21)11-19-17(22)18-10-14-8-7-9-20(12-14)13(3)4/h13-16,21H,5-12H2,1-4H3,(H2,18,19,22). The molecule has 1 aliphatic heterocycles. The molecule has 0 saturated carbocycles. The molecule has 0 aliphatic carbocycles. The van der Waals surface area contributed by atoms with E-state index in [0.29, 0.717) is 18.5 Å². The Bertz CT molecular complexity index is 319. The summed E-state index contributed by atoms with van der Waals surface area (Å²) in [7, 11) is 0. The van der Waals surface area contributed by atoms with Gasteiger partial charge in [-0.2, -0.15) is 0 Å². The number of aliphatic hydroxyl groups excluding tert-OH is 1. The molecule has 5 heteroatoms. The fourth-order valence-electron chi connectivity index (χ4n) is 3.23. The first-order valence-corrected chi connectivity index (χ1v) is 8.91. The van der Waals surface area contributed by atoms with Crippen LogP contribution in [0.3, 0.4) is 0 Å². The van der Waals surface area contributed by atoms with Gasteiger partial charge in [0.25, 0.3) is 0 Å². The number of piperidine rings is 1. The molecule has 0 aromatic carbocycles. The van der Waals surface area contributed by atoms with E-state index in [-0.39, 0.29) is 11.9 Å². The molecule has 1 fully saturated rings. The van der Waals surface area contributed by atoms with Gasteiger partial charge in [0, 0.05) is 25.7 Å². The Kier molecular flexibility index (Phi) is 8.79. The maximum Gasteiger partial charge on any atom is 0.314 e. The monoisotopic (exact) mass is 313 g/mol. The van der Waals surface area contributed by atoms with Crippen LogP contribution in [-0.2, 0) is 0 Å². The third-order valence-electron chi connectivity index (χ3n) is 4.90. The number of aliphatic hydroxyl groups is 1. The SMILES string of the molecule is CCC(CC)C(O)CNC(=O)NCC1CCCN(C(C)C)C1. The van der Waals surface area contributed by atoms with Gasteiger partial charge in [-0.15, -0.1) is 0 Å². The molecule has 1 saturated heterocycles. The maximum atomic E-state index is 11.9. The van der Waals surface area contributed by atoms with Crippen molar-refractivity contribution in [2.24, 2.45) is 11.8 Å². The number of nitrogens with one attached hydrogen (secondary N) is 2. The Hall–Kier alpha value is -0.810. The van der Waals surface area contributed by atoms with Crippen molar-refractivity contribution in [2.45, 2.75) is 65.5 Å². The van der Waals surface area contributed by atoms with Crippen LogP contribution in [0.25, 0.3) is 0 Å². The predicted octanol–water partition coefficient (Wildman–Crippen LogP) is 2.20. The summed E-state index contributed by atoms with van der Waals surface area (Å²) in [6, 6.07) is 0.415. The summed E-state index contributed by atoms with van der Waals surface area (Å²) < 4.78 is 0. The third kappa shape index (κ3) is 6.53. The van der Waals surface area contributed by atoms with Crippen LogP contribution in [-0.4, -0.2) is 54.4 Å². The Balaban J connectivity index is 2.22. The van der Waals surface area contributed by atoms with Gasteiger partial charge in [-0.1, -0.05) is 26.7 Å². The molecule has 1 aliphatic rings. The van der Waals surface area contributed by atoms with Crippen molar-refractivity contribution < 1.29 is 9.90 Å². The number of carbonyl (C=O) groups excluding carboxylic acids is 1. The lowest BCUT2D eigenvalue weighted by atomic mass is 9.96. The topological polar surface area (TPSA) is 64.6 Å². The fourth-order valence-corrected chi connectivity index (χ4v) is 3.23. The summed E-state index contributed by atoms with van der Waals surface area (Å²) in [5, 5.41) is 15.8. The van der Waals surface area contributed by atoms with Crippen molar-refractivity contribution in [3.8, 4) is 0 Å². The normalized spacial score (nSPS) is 21.1. The molecule has 0 radical (unpaired) electrons. The van der Waals surface area contributed by atoms with Gasteiger partial charge >= 0.3 is 6.03 Å². The molecule has 2 atom stereocenters. The van der Waals surface area contributed by atoms with Crippen LogP contribution < -0.4 is 10.6 Å². The van der Waals surface area contributed by atoms with Crippen molar-refractivity contribution in [1.29, 1.82) is 0 Å². The molecule has 2 amide bonds. The van der Waals surface area contributed by atoms with Crippen molar-refractivity contribution in [3.05, 3.63) is 0 Å². The third-order valence-corrected chi connectivity index (χ3v) is 4.90. The van der Waals surface area contributed by atoms with Gasteiger partial charge in [0.15, 0.2) is 0 Å². The Morgan fingerprint density at radius 2 is 1.95 bits per heavy atom. The molecule has 130 valence electrons. The number of carbonyl (C=O) groups is 1. The van der Waals surface area contributed by atoms with Crippen LogP contribution in [0.5, 0.6) is 0 Å². The highest BCUT2D eigenvalue weighted by Crippen LogP contribution is 2.17. The lowest BCUT2D eigenvalue weighted by Gasteiger charge is -2.35. The van der Waals surface area contributed by atoms with Gasteiger partial charge in [0.1, 0.15) is 0 Å². The quantitative estimate of drug-likeness (QED) is 0.644. The number of rotatable bonds is 8. The second-order valence-corrected chi connectivity index (χ2v) is 6.83. The zero-order valence-corrected chi connectivity index (χ0v) is 14.8. The van der Waals surface area contributed by atoms with Gasteiger partial charge in [-0.25, -0.2) is 4.79 Å². The minimum atomic E-state index is -0.452. The Morgan fingerprint density at radius 3 is 2.55 bits per heavy atom. The largest absolute Gasteiger partial charge is 0.391 e. The highest BCUT2D eigenvalue weighted by molar-refractivity contribution is 5.73. The van der Waals surface area contributed by atoms with E-state index in [0.717, 1.165) is 25.9 Å². The molecule has 2 unspecified atom stereocenters. The minimum absolute atomic E-state index is 0.160. The van der Waals surface area contributed by atoms with Crippen molar-refractivity contribution in [2.75, 3.05) is 26.2 Å². The van der Waals surface area contributed by atoms with Crippen LogP contribution in [0, 0.1) is 11.8 Å². The molecule has 22 heavy (non-hydrogen) atoms. The zero-order valence-electron chi connectivity index (χ0n) is 14.8. The number of amides is 2. The highest BCUT2D eigenvalue weighted by Gasteiger charge is 2.22. The number of nitrogens with zero attached hydrogens (tertiary/aromatic N) is 1. The lowest BCUT2D eigenvalue weighted by molar-refractivity contribution is 0.103. The van der Waals surface area contributed by atoms with E-state index in [1.165, 1.54) is 19.4 Å². The Morgan fingerprint density at radius 1 is 1.27 bits per heavy atom. The summed E-state index contributed by atoms with van der Waals surface area (Å²) >= 11 is 0. The van der Waals surface area contributed by atoms with Crippen LogP contribution in [0.2, 0.25) is 0 Å². The van der Waals surface area contributed by atoms with E-state index in [1.54, 1.807) is 0 Å². The van der Waals surface area contributed by atoms with E-state index in [2.05, 4.69) is 43.2 Å². The molecular formula is C17H35N3O2. The lowest BCUT2D eigenvalue weighted by Crippen LogP contribution is -2.47. The van der Waals surface area contributed by atoms with Crippen LogP contribution in [0.1, 0.15) is 53.4 Å². The van der Waals surface area contributed by atoms with E-state index in [1.807, 2.05) is 0 Å². The fraction of sp³-hybridized carbons (Fsp3) is 0.941. The van der Waals surface area contributed by atoms with Crippen LogP contribution >= 0.6 is 0 Å². The van der Waals surface area contributed by atoms with E-state index in [9.17, 15) is 9.90 Å². The summed E-state index contributed by atoms with van der Waals surface area (Å²) in [4.78, 5) is 14.3. The van der Waals surface area contributed by atoms with Crippen LogP contribution in [0.15, 0.2) is 0 Å². The summed E-state index contributed by atoms with van der Waals surface area (Å²) in [6.07, 6.45) is 3.81. The number of likely N-dealkylation sites (tertiary alicyclic amines) is 1. The average molecular weight is 313 g/mol. The van der Waals surface area contributed by atoms with Gasteiger partial charge < -0.3 is 20.6 Å². The maximum absolute atomic E-state index is 11.9. The smallest absolute Gasteiger partial charge is 0.314 e. The highest BCUT2D eigenvalue weighted by atomic mass is 16.3. The van der Waals surface area contributed by atoms with Crippen LogP contribution in [0.4, 0.5) is 4.79 Å². The summed E-state index contributed by atoms with van der Waals surface area (Å²) in [5.74, 6) is 0.795. The number of hydrogen-bond acceptors (Lipinski definition) is 3. The molecule has 0 bridgehead atoms. The average Bonchev–Trinajstić information content (AvgIpc) is 2.52. The zero-order chi connectivity index (χ0) is 16.5.